The highest BCUT2D eigenvalue weighted by atomic mass is 79.9. The molecule has 0 spiro atoms. The quantitative estimate of drug-likeness (QED) is 0.890. The summed E-state index contributed by atoms with van der Waals surface area (Å²) < 4.78 is 6.37. The third kappa shape index (κ3) is 4.33. The van der Waals surface area contributed by atoms with E-state index >= 15 is 0 Å². The number of amides is 1. The zero-order valence-corrected chi connectivity index (χ0v) is 14.0. The predicted octanol–water partition coefficient (Wildman–Crippen LogP) is 4.39. The summed E-state index contributed by atoms with van der Waals surface area (Å²) in [5.41, 5.74) is 4.27. The lowest BCUT2D eigenvalue weighted by Gasteiger charge is -2.10. The summed E-state index contributed by atoms with van der Waals surface area (Å²) in [6.07, 6.45) is 0. The van der Waals surface area contributed by atoms with Crippen LogP contribution in [0, 0.1) is 20.8 Å². The fraction of sp³-hybridized carbons (Fsp3) is 0.235. The van der Waals surface area contributed by atoms with Crippen molar-refractivity contribution in [1.82, 2.24) is 0 Å². The maximum atomic E-state index is 11.9. The van der Waals surface area contributed by atoms with Gasteiger partial charge < -0.3 is 10.1 Å². The van der Waals surface area contributed by atoms with E-state index in [0.717, 1.165) is 21.3 Å². The number of carbonyl (C=O) groups is 1. The molecule has 110 valence electrons. The molecule has 0 bridgehead atoms. The lowest BCUT2D eigenvalue weighted by atomic mass is 10.1. The molecule has 3 nitrogen and oxygen atoms in total. The second kappa shape index (κ2) is 6.76. The molecule has 2 aromatic rings. The Morgan fingerprint density at radius 3 is 2.52 bits per heavy atom. The molecule has 2 aromatic carbocycles. The average Bonchev–Trinajstić information content (AvgIpc) is 2.42. The van der Waals surface area contributed by atoms with Crippen LogP contribution in [-0.4, -0.2) is 12.5 Å². The minimum Gasteiger partial charge on any atom is -0.483 e. The molecule has 0 heterocycles. The van der Waals surface area contributed by atoms with E-state index in [0.29, 0.717) is 5.75 Å². The standard InChI is InChI=1S/C17H18BrNO2/c1-11-4-7-16(15(18)8-11)21-10-17(20)19-14-6-5-12(2)13(3)9-14/h4-9H,10H2,1-3H3,(H,19,20). The summed E-state index contributed by atoms with van der Waals surface area (Å²) in [6, 6.07) is 11.6. The van der Waals surface area contributed by atoms with Crippen LogP contribution in [0.5, 0.6) is 5.75 Å². The van der Waals surface area contributed by atoms with Crippen molar-refractivity contribution >= 4 is 27.5 Å². The van der Waals surface area contributed by atoms with Crippen molar-refractivity contribution in [1.29, 1.82) is 0 Å². The van der Waals surface area contributed by atoms with E-state index in [-0.39, 0.29) is 12.5 Å². The number of benzene rings is 2. The van der Waals surface area contributed by atoms with Gasteiger partial charge in [0, 0.05) is 5.69 Å². The number of aryl methyl sites for hydroxylation is 3. The van der Waals surface area contributed by atoms with Crippen molar-refractivity contribution < 1.29 is 9.53 Å². The minimum atomic E-state index is -0.175. The summed E-state index contributed by atoms with van der Waals surface area (Å²) in [5.74, 6) is 0.488. The number of nitrogens with one attached hydrogen (secondary N) is 1. The summed E-state index contributed by atoms with van der Waals surface area (Å²) in [4.78, 5) is 11.9. The van der Waals surface area contributed by atoms with Crippen LogP contribution in [0.4, 0.5) is 5.69 Å². The fourth-order valence-corrected chi connectivity index (χ4v) is 2.49. The van der Waals surface area contributed by atoms with Gasteiger partial charge in [0.2, 0.25) is 0 Å². The summed E-state index contributed by atoms with van der Waals surface area (Å²) >= 11 is 3.42. The van der Waals surface area contributed by atoms with Crippen molar-refractivity contribution in [2.75, 3.05) is 11.9 Å². The van der Waals surface area contributed by atoms with Crippen molar-refractivity contribution in [3.05, 3.63) is 57.6 Å². The first-order chi connectivity index (χ1) is 9.95. The van der Waals surface area contributed by atoms with E-state index in [2.05, 4.69) is 21.2 Å². The highest BCUT2D eigenvalue weighted by Gasteiger charge is 2.07. The van der Waals surface area contributed by atoms with Crippen molar-refractivity contribution in [3.63, 3.8) is 0 Å². The average molecular weight is 348 g/mol. The lowest BCUT2D eigenvalue weighted by molar-refractivity contribution is -0.118. The highest BCUT2D eigenvalue weighted by Crippen LogP contribution is 2.25. The van der Waals surface area contributed by atoms with E-state index in [9.17, 15) is 4.79 Å². The molecule has 1 N–H and O–H groups in total. The molecule has 0 aliphatic rings. The van der Waals surface area contributed by atoms with E-state index in [1.807, 2.05) is 57.2 Å². The number of anilines is 1. The Morgan fingerprint density at radius 1 is 1.10 bits per heavy atom. The lowest BCUT2D eigenvalue weighted by Crippen LogP contribution is -2.20. The van der Waals surface area contributed by atoms with E-state index in [1.54, 1.807) is 0 Å². The van der Waals surface area contributed by atoms with Crippen molar-refractivity contribution in [3.8, 4) is 5.75 Å². The SMILES string of the molecule is Cc1ccc(OCC(=O)Nc2ccc(C)c(C)c2)c(Br)c1. The first-order valence-corrected chi connectivity index (χ1v) is 7.51. The molecule has 0 aliphatic carbocycles. The highest BCUT2D eigenvalue weighted by molar-refractivity contribution is 9.10. The second-order valence-electron chi connectivity index (χ2n) is 5.07. The summed E-state index contributed by atoms with van der Waals surface area (Å²) in [6.45, 7) is 6.04. The predicted molar refractivity (Wildman–Crippen MR) is 88.9 cm³/mol. The van der Waals surface area contributed by atoms with Crippen LogP contribution in [0.25, 0.3) is 0 Å². The van der Waals surface area contributed by atoms with Gasteiger partial charge in [-0.3, -0.25) is 4.79 Å². The number of hydrogen-bond acceptors (Lipinski definition) is 2. The molecule has 0 radical (unpaired) electrons. The van der Waals surface area contributed by atoms with Crippen molar-refractivity contribution in [2.24, 2.45) is 0 Å². The number of rotatable bonds is 4. The van der Waals surface area contributed by atoms with Gasteiger partial charge in [0.25, 0.3) is 5.91 Å². The van der Waals surface area contributed by atoms with Gasteiger partial charge in [0.05, 0.1) is 4.47 Å². The van der Waals surface area contributed by atoms with Gasteiger partial charge in [-0.1, -0.05) is 12.1 Å². The molecular formula is C17H18BrNO2. The van der Waals surface area contributed by atoms with Gasteiger partial charge in [0.1, 0.15) is 5.75 Å². The molecule has 0 saturated carbocycles. The molecule has 2 rings (SSSR count). The topological polar surface area (TPSA) is 38.3 Å². The molecule has 21 heavy (non-hydrogen) atoms. The van der Waals surface area contributed by atoms with Gasteiger partial charge in [-0.25, -0.2) is 0 Å². The second-order valence-corrected chi connectivity index (χ2v) is 5.92. The van der Waals surface area contributed by atoms with Gasteiger partial charge in [-0.05, 0) is 77.7 Å². The smallest absolute Gasteiger partial charge is 0.262 e. The summed E-state index contributed by atoms with van der Waals surface area (Å²) in [5, 5.41) is 2.83. The Morgan fingerprint density at radius 2 is 1.86 bits per heavy atom. The third-order valence-corrected chi connectivity index (χ3v) is 3.86. The molecule has 0 unspecified atom stereocenters. The Hall–Kier alpha value is -1.81. The van der Waals surface area contributed by atoms with E-state index < -0.39 is 0 Å². The number of carbonyl (C=O) groups excluding carboxylic acids is 1. The monoisotopic (exact) mass is 347 g/mol. The van der Waals surface area contributed by atoms with E-state index in [4.69, 9.17) is 4.74 Å². The molecule has 0 aromatic heterocycles. The van der Waals surface area contributed by atoms with Gasteiger partial charge in [-0.2, -0.15) is 0 Å². The summed E-state index contributed by atoms with van der Waals surface area (Å²) in [7, 11) is 0. The normalized spacial score (nSPS) is 10.3. The zero-order chi connectivity index (χ0) is 15.4. The largest absolute Gasteiger partial charge is 0.483 e. The van der Waals surface area contributed by atoms with Crippen LogP contribution in [-0.2, 0) is 4.79 Å². The molecule has 0 saturated heterocycles. The van der Waals surface area contributed by atoms with Crippen LogP contribution in [0.1, 0.15) is 16.7 Å². The van der Waals surface area contributed by atoms with Gasteiger partial charge in [-0.15, -0.1) is 0 Å². The molecule has 0 fully saturated rings. The fourth-order valence-electron chi connectivity index (χ4n) is 1.88. The first kappa shape index (κ1) is 15.6. The Labute approximate surface area is 133 Å². The van der Waals surface area contributed by atoms with Gasteiger partial charge in [0.15, 0.2) is 6.61 Å². The van der Waals surface area contributed by atoms with Crippen LogP contribution in [0.2, 0.25) is 0 Å². The molecule has 0 aliphatic heterocycles. The maximum Gasteiger partial charge on any atom is 0.262 e. The molecular weight excluding hydrogens is 330 g/mol. The molecule has 0 atom stereocenters. The Kier molecular flexibility index (Phi) is 5.02. The van der Waals surface area contributed by atoms with E-state index in [1.165, 1.54) is 5.56 Å². The first-order valence-electron chi connectivity index (χ1n) is 6.72. The maximum absolute atomic E-state index is 11.9. The Balaban J connectivity index is 1.94. The van der Waals surface area contributed by atoms with Crippen molar-refractivity contribution in [2.45, 2.75) is 20.8 Å². The minimum absolute atomic E-state index is 0.0193. The Bertz CT molecular complexity index is 668. The molecule has 1 amide bonds. The third-order valence-electron chi connectivity index (χ3n) is 3.24. The zero-order valence-electron chi connectivity index (χ0n) is 12.4. The van der Waals surface area contributed by atoms with Crippen LogP contribution >= 0.6 is 15.9 Å². The molecule has 4 heteroatoms. The van der Waals surface area contributed by atoms with Gasteiger partial charge >= 0.3 is 0 Å². The number of ether oxygens (including phenoxy) is 1. The number of hydrogen-bond donors (Lipinski definition) is 1. The van der Waals surface area contributed by atoms with Crippen LogP contribution in [0.3, 0.4) is 0 Å². The number of halogens is 1. The van der Waals surface area contributed by atoms with Crippen LogP contribution < -0.4 is 10.1 Å². The van der Waals surface area contributed by atoms with Crippen LogP contribution in [0.15, 0.2) is 40.9 Å².